The lowest BCUT2D eigenvalue weighted by Crippen LogP contribution is -2.54. The SMILES string of the molecule is Cc1ccccc1[C@H]1C(=O)NCCN1C(=O)[C@@H]1CCCO1. The molecule has 2 fully saturated rings. The van der Waals surface area contributed by atoms with Gasteiger partial charge in [-0.1, -0.05) is 24.3 Å². The van der Waals surface area contributed by atoms with Crippen LogP contribution in [0.4, 0.5) is 0 Å². The maximum Gasteiger partial charge on any atom is 0.252 e. The van der Waals surface area contributed by atoms with E-state index in [-0.39, 0.29) is 17.9 Å². The average Bonchev–Trinajstić information content (AvgIpc) is 3.01. The van der Waals surface area contributed by atoms with E-state index in [4.69, 9.17) is 4.74 Å². The second-order valence-corrected chi connectivity index (χ2v) is 5.58. The van der Waals surface area contributed by atoms with Crippen LogP contribution >= 0.6 is 0 Å². The number of nitrogens with zero attached hydrogens (tertiary/aromatic N) is 1. The topological polar surface area (TPSA) is 58.6 Å². The van der Waals surface area contributed by atoms with Crippen LogP contribution in [0.5, 0.6) is 0 Å². The second-order valence-electron chi connectivity index (χ2n) is 5.58. The summed E-state index contributed by atoms with van der Waals surface area (Å²) in [5.41, 5.74) is 1.91. The summed E-state index contributed by atoms with van der Waals surface area (Å²) in [7, 11) is 0. The Morgan fingerprint density at radius 2 is 2.19 bits per heavy atom. The molecule has 0 spiro atoms. The molecule has 3 rings (SSSR count). The Hall–Kier alpha value is -1.88. The van der Waals surface area contributed by atoms with Gasteiger partial charge in [-0.25, -0.2) is 0 Å². The van der Waals surface area contributed by atoms with Crippen molar-refractivity contribution in [2.45, 2.75) is 31.9 Å². The van der Waals surface area contributed by atoms with Gasteiger partial charge in [0, 0.05) is 19.7 Å². The average molecular weight is 288 g/mol. The molecule has 1 N–H and O–H groups in total. The van der Waals surface area contributed by atoms with Crippen molar-refractivity contribution in [2.24, 2.45) is 0 Å². The van der Waals surface area contributed by atoms with Crippen molar-refractivity contribution < 1.29 is 14.3 Å². The highest BCUT2D eigenvalue weighted by atomic mass is 16.5. The number of amides is 2. The smallest absolute Gasteiger partial charge is 0.252 e. The number of carbonyl (C=O) groups excluding carboxylic acids is 2. The zero-order valence-electron chi connectivity index (χ0n) is 12.2. The Bertz CT molecular complexity index is 552. The van der Waals surface area contributed by atoms with Crippen molar-refractivity contribution >= 4 is 11.8 Å². The number of nitrogens with one attached hydrogen (secondary N) is 1. The first-order chi connectivity index (χ1) is 10.2. The Labute approximate surface area is 124 Å². The van der Waals surface area contributed by atoms with Crippen LogP contribution in [0, 0.1) is 6.92 Å². The van der Waals surface area contributed by atoms with Crippen LogP contribution in [0.3, 0.4) is 0 Å². The Balaban J connectivity index is 1.91. The van der Waals surface area contributed by atoms with Crippen LogP contribution in [0.1, 0.15) is 30.0 Å². The van der Waals surface area contributed by atoms with E-state index in [0.717, 1.165) is 24.0 Å². The predicted octanol–water partition coefficient (Wildman–Crippen LogP) is 1.17. The summed E-state index contributed by atoms with van der Waals surface area (Å²) in [5, 5.41) is 2.86. The highest BCUT2D eigenvalue weighted by molar-refractivity contribution is 5.91. The molecule has 0 aromatic heterocycles. The molecule has 0 unspecified atom stereocenters. The molecule has 2 atom stereocenters. The van der Waals surface area contributed by atoms with Gasteiger partial charge in [-0.15, -0.1) is 0 Å². The van der Waals surface area contributed by atoms with Crippen molar-refractivity contribution in [3.63, 3.8) is 0 Å². The van der Waals surface area contributed by atoms with Gasteiger partial charge in [-0.3, -0.25) is 9.59 Å². The molecule has 1 aromatic rings. The number of benzene rings is 1. The lowest BCUT2D eigenvalue weighted by atomic mass is 9.97. The molecule has 5 nitrogen and oxygen atoms in total. The Morgan fingerprint density at radius 1 is 1.38 bits per heavy atom. The van der Waals surface area contributed by atoms with Gasteiger partial charge in [0.2, 0.25) is 5.91 Å². The minimum atomic E-state index is -0.545. The molecule has 0 aliphatic carbocycles. The fourth-order valence-corrected chi connectivity index (χ4v) is 3.06. The van der Waals surface area contributed by atoms with Crippen molar-refractivity contribution in [2.75, 3.05) is 19.7 Å². The van der Waals surface area contributed by atoms with E-state index >= 15 is 0 Å². The van der Waals surface area contributed by atoms with Gasteiger partial charge >= 0.3 is 0 Å². The second kappa shape index (κ2) is 5.85. The van der Waals surface area contributed by atoms with Gasteiger partial charge in [0.25, 0.3) is 5.91 Å². The first-order valence-corrected chi connectivity index (χ1v) is 7.44. The summed E-state index contributed by atoms with van der Waals surface area (Å²) >= 11 is 0. The van der Waals surface area contributed by atoms with Crippen LogP contribution in [-0.4, -0.2) is 42.5 Å². The minimum absolute atomic E-state index is 0.0596. The van der Waals surface area contributed by atoms with Crippen molar-refractivity contribution in [1.29, 1.82) is 0 Å². The van der Waals surface area contributed by atoms with Gasteiger partial charge < -0.3 is 15.0 Å². The fraction of sp³-hybridized carbons (Fsp3) is 0.500. The first-order valence-electron chi connectivity index (χ1n) is 7.44. The van der Waals surface area contributed by atoms with Crippen LogP contribution in [0.15, 0.2) is 24.3 Å². The molecular formula is C16H20N2O3. The number of hydrogen-bond donors (Lipinski definition) is 1. The summed E-state index contributed by atoms with van der Waals surface area (Å²) in [5.74, 6) is -0.169. The lowest BCUT2D eigenvalue weighted by Gasteiger charge is -2.37. The first kappa shape index (κ1) is 14.1. The normalized spacial score (nSPS) is 25.8. The number of ether oxygens (including phenoxy) is 1. The van der Waals surface area contributed by atoms with Gasteiger partial charge in [0.15, 0.2) is 0 Å². The third-order valence-electron chi connectivity index (χ3n) is 4.18. The zero-order chi connectivity index (χ0) is 14.8. The number of hydrogen-bond acceptors (Lipinski definition) is 3. The van der Waals surface area contributed by atoms with E-state index in [1.807, 2.05) is 31.2 Å². The Morgan fingerprint density at radius 3 is 2.90 bits per heavy atom. The zero-order valence-corrected chi connectivity index (χ0v) is 12.2. The van der Waals surface area contributed by atoms with E-state index in [1.54, 1.807) is 4.90 Å². The molecule has 112 valence electrons. The number of piperazine rings is 1. The molecular weight excluding hydrogens is 268 g/mol. The largest absolute Gasteiger partial charge is 0.368 e. The maximum absolute atomic E-state index is 12.7. The lowest BCUT2D eigenvalue weighted by molar-refractivity contribution is -0.150. The molecule has 5 heteroatoms. The quantitative estimate of drug-likeness (QED) is 0.889. The standard InChI is InChI=1S/C16H20N2O3/c1-11-5-2-3-6-12(11)14-15(19)17-8-9-18(14)16(20)13-7-4-10-21-13/h2-3,5-6,13-14H,4,7-10H2,1H3,(H,17,19)/t13-,14-/m0/s1. The van der Waals surface area contributed by atoms with Gasteiger partial charge in [-0.05, 0) is 30.9 Å². The van der Waals surface area contributed by atoms with Crippen molar-refractivity contribution in [3.8, 4) is 0 Å². The number of carbonyl (C=O) groups is 2. The van der Waals surface area contributed by atoms with Crippen molar-refractivity contribution in [3.05, 3.63) is 35.4 Å². The molecule has 0 bridgehead atoms. The van der Waals surface area contributed by atoms with E-state index in [0.29, 0.717) is 19.7 Å². The van der Waals surface area contributed by atoms with Gasteiger partial charge in [0.05, 0.1) is 0 Å². The molecule has 2 aliphatic heterocycles. The fourth-order valence-electron chi connectivity index (χ4n) is 3.06. The molecule has 2 heterocycles. The van der Waals surface area contributed by atoms with E-state index < -0.39 is 6.04 Å². The maximum atomic E-state index is 12.7. The van der Waals surface area contributed by atoms with Crippen LogP contribution in [0.2, 0.25) is 0 Å². The summed E-state index contributed by atoms with van der Waals surface area (Å²) in [6.07, 6.45) is 1.27. The van der Waals surface area contributed by atoms with Gasteiger partial charge in [0.1, 0.15) is 12.1 Å². The summed E-state index contributed by atoms with van der Waals surface area (Å²) < 4.78 is 5.49. The summed E-state index contributed by atoms with van der Waals surface area (Å²) in [6, 6.07) is 7.17. The molecule has 21 heavy (non-hydrogen) atoms. The summed E-state index contributed by atoms with van der Waals surface area (Å²) in [4.78, 5) is 26.7. The third-order valence-corrected chi connectivity index (χ3v) is 4.18. The van der Waals surface area contributed by atoms with Crippen LogP contribution in [-0.2, 0) is 14.3 Å². The molecule has 0 saturated carbocycles. The Kier molecular flexibility index (Phi) is 3.92. The van der Waals surface area contributed by atoms with E-state index in [2.05, 4.69) is 5.32 Å². The summed E-state index contributed by atoms with van der Waals surface area (Å²) in [6.45, 7) is 3.63. The molecule has 1 aromatic carbocycles. The monoisotopic (exact) mass is 288 g/mol. The van der Waals surface area contributed by atoms with Gasteiger partial charge in [-0.2, -0.15) is 0 Å². The molecule has 0 radical (unpaired) electrons. The third kappa shape index (κ3) is 2.65. The highest BCUT2D eigenvalue weighted by Gasteiger charge is 2.38. The molecule has 2 aliphatic rings. The van der Waals surface area contributed by atoms with Crippen LogP contribution < -0.4 is 5.32 Å². The minimum Gasteiger partial charge on any atom is -0.368 e. The van der Waals surface area contributed by atoms with Crippen LogP contribution in [0.25, 0.3) is 0 Å². The number of aryl methyl sites for hydroxylation is 1. The molecule has 2 amide bonds. The van der Waals surface area contributed by atoms with Crippen molar-refractivity contribution in [1.82, 2.24) is 10.2 Å². The van der Waals surface area contributed by atoms with E-state index in [1.165, 1.54) is 0 Å². The predicted molar refractivity (Wildman–Crippen MR) is 77.6 cm³/mol. The molecule has 2 saturated heterocycles. The number of rotatable bonds is 2. The van der Waals surface area contributed by atoms with E-state index in [9.17, 15) is 9.59 Å². The highest BCUT2D eigenvalue weighted by Crippen LogP contribution is 2.28.